The highest BCUT2D eigenvalue weighted by molar-refractivity contribution is 5.55. The van der Waals surface area contributed by atoms with Gasteiger partial charge in [-0.3, -0.25) is 4.39 Å². The van der Waals surface area contributed by atoms with Crippen molar-refractivity contribution in [2.75, 3.05) is 49.7 Å². The summed E-state index contributed by atoms with van der Waals surface area (Å²) in [5, 5.41) is 3.19. The third-order valence-corrected chi connectivity index (χ3v) is 2.88. The van der Waals surface area contributed by atoms with E-state index in [1.165, 1.54) is 5.69 Å². The lowest BCUT2D eigenvalue weighted by Gasteiger charge is -2.28. The summed E-state index contributed by atoms with van der Waals surface area (Å²) in [7, 11) is 0. The van der Waals surface area contributed by atoms with Gasteiger partial charge in [0.2, 0.25) is 0 Å². The Morgan fingerprint density at radius 1 is 1.18 bits per heavy atom. The number of hydrogen-bond acceptors (Lipinski definition) is 3. The van der Waals surface area contributed by atoms with Crippen molar-refractivity contribution in [2.45, 2.75) is 6.42 Å². The summed E-state index contributed by atoms with van der Waals surface area (Å²) in [6, 6.07) is 8.29. The van der Waals surface area contributed by atoms with Gasteiger partial charge in [0.25, 0.3) is 0 Å². The van der Waals surface area contributed by atoms with Gasteiger partial charge in [0.05, 0.1) is 19.9 Å². The van der Waals surface area contributed by atoms with E-state index in [4.69, 9.17) is 4.74 Å². The molecule has 1 heterocycles. The van der Waals surface area contributed by atoms with Crippen molar-refractivity contribution >= 4 is 11.4 Å². The molecule has 1 aliphatic heterocycles. The molecule has 0 atom stereocenters. The molecule has 0 unspecified atom stereocenters. The van der Waals surface area contributed by atoms with Crippen LogP contribution >= 0.6 is 0 Å². The first-order valence-electron chi connectivity index (χ1n) is 6.13. The standard InChI is InChI=1S/C13H19FN2O/c14-6-1-7-15-12-2-4-13(5-3-12)16-8-10-17-11-9-16/h2-5,15H,1,6-11H2. The van der Waals surface area contributed by atoms with Crippen LogP contribution in [0.5, 0.6) is 0 Å². The molecule has 0 bridgehead atoms. The van der Waals surface area contributed by atoms with E-state index in [1.54, 1.807) is 0 Å². The smallest absolute Gasteiger partial charge is 0.0911 e. The van der Waals surface area contributed by atoms with Gasteiger partial charge in [0, 0.05) is 31.0 Å². The highest BCUT2D eigenvalue weighted by atomic mass is 19.1. The summed E-state index contributed by atoms with van der Waals surface area (Å²) in [5.41, 5.74) is 2.28. The molecule has 0 saturated carbocycles. The van der Waals surface area contributed by atoms with Gasteiger partial charge in [-0.05, 0) is 30.7 Å². The molecule has 1 fully saturated rings. The zero-order chi connectivity index (χ0) is 11.9. The van der Waals surface area contributed by atoms with Gasteiger partial charge in [-0.15, -0.1) is 0 Å². The summed E-state index contributed by atoms with van der Waals surface area (Å²) in [5.74, 6) is 0. The van der Waals surface area contributed by atoms with Crippen LogP contribution in [0.1, 0.15) is 6.42 Å². The van der Waals surface area contributed by atoms with E-state index in [0.29, 0.717) is 13.0 Å². The van der Waals surface area contributed by atoms with Crippen LogP contribution in [0.15, 0.2) is 24.3 Å². The van der Waals surface area contributed by atoms with Crippen molar-refractivity contribution in [3.05, 3.63) is 24.3 Å². The minimum atomic E-state index is -0.265. The topological polar surface area (TPSA) is 24.5 Å². The van der Waals surface area contributed by atoms with Crippen molar-refractivity contribution in [3.8, 4) is 0 Å². The van der Waals surface area contributed by atoms with Crippen molar-refractivity contribution in [1.29, 1.82) is 0 Å². The first kappa shape index (κ1) is 12.2. The van der Waals surface area contributed by atoms with E-state index >= 15 is 0 Å². The fraction of sp³-hybridized carbons (Fsp3) is 0.538. The number of alkyl halides is 1. The monoisotopic (exact) mass is 238 g/mol. The normalized spacial score (nSPS) is 15.9. The van der Waals surface area contributed by atoms with Gasteiger partial charge < -0.3 is 15.0 Å². The largest absolute Gasteiger partial charge is 0.385 e. The van der Waals surface area contributed by atoms with E-state index in [0.717, 1.165) is 32.0 Å². The van der Waals surface area contributed by atoms with Gasteiger partial charge in [-0.1, -0.05) is 0 Å². The lowest BCUT2D eigenvalue weighted by Crippen LogP contribution is -2.36. The number of morpholine rings is 1. The van der Waals surface area contributed by atoms with Crippen LogP contribution < -0.4 is 10.2 Å². The maximum atomic E-state index is 11.9. The van der Waals surface area contributed by atoms with Crippen LogP contribution in [0.2, 0.25) is 0 Å². The first-order valence-corrected chi connectivity index (χ1v) is 6.13. The Bertz CT molecular complexity index is 323. The van der Waals surface area contributed by atoms with Crippen LogP contribution in [-0.2, 0) is 4.74 Å². The maximum absolute atomic E-state index is 11.9. The fourth-order valence-corrected chi connectivity index (χ4v) is 1.91. The summed E-state index contributed by atoms with van der Waals surface area (Å²) >= 11 is 0. The molecule has 0 aliphatic carbocycles. The average molecular weight is 238 g/mol. The predicted molar refractivity (Wildman–Crippen MR) is 68.6 cm³/mol. The summed E-state index contributed by atoms with van der Waals surface area (Å²) < 4.78 is 17.3. The second-order valence-electron chi connectivity index (χ2n) is 4.12. The van der Waals surface area contributed by atoms with Crippen LogP contribution in [0.25, 0.3) is 0 Å². The number of benzene rings is 1. The quantitative estimate of drug-likeness (QED) is 0.797. The van der Waals surface area contributed by atoms with E-state index < -0.39 is 0 Å². The minimum Gasteiger partial charge on any atom is -0.385 e. The molecule has 3 nitrogen and oxygen atoms in total. The summed E-state index contributed by atoms with van der Waals surface area (Å²) in [6.07, 6.45) is 0.561. The van der Waals surface area contributed by atoms with Crippen LogP contribution in [0.4, 0.5) is 15.8 Å². The molecule has 94 valence electrons. The predicted octanol–water partition coefficient (Wildman–Crippen LogP) is 2.29. The molecule has 17 heavy (non-hydrogen) atoms. The molecule has 0 aromatic heterocycles. The van der Waals surface area contributed by atoms with Gasteiger partial charge in [-0.2, -0.15) is 0 Å². The van der Waals surface area contributed by atoms with Crippen LogP contribution in [-0.4, -0.2) is 39.5 Å². The molecule has 0 radical (unpaired) electrons. The molecule has 1 N–H and O–H groups in total. The Kier molecular flexibility index (Phi) is 4.62. The van der Waals surface area contributed by atoms with Crippen molar-refractivity contribution in [2.24, 2.45) is 0 Å². The van der Waals surface area contributed by atoms with Gasteiger partial charge in [0.1, 0.15) is 0 Å². The number of ether oxygens (including phenoxy) is 1. The third-order valence-electron chi connectivity index (χ3n) is 2.88. The molecule has 0 spiro atoms. The molecule has 1 aliphatic rings. The molecule has 1 saturated heterocycles. The number of nitrogens with zero attached hydrogens (tertiary/aromatic N) is 1. The Balaban J connectivity index is 1.88. The fourth-order valence-electron chi connectivity index (χ4n) is 1.91. The van der Waals surface area contributed by atoms with E-state index in [2.05, 4.69) is 22.3 Å². The maximum Gasteiger partial charge on any atom is 0.0911 e. The van der Waals surface area contributed by atoms with Crippen LogP contribution in [0, 0.1) is 0 Å². The molecular formula is C13H19FN2O. The second kappa shape index (κ2) is 6.45. The SMILES string of the molecule is FCCCNc1ccc(N2CCOCC2)cc1. The summed E-state index contributed by atoms with van der Waals surface area (Å²) in [6.45, 7) is 3.93. The molecule has 1 aromatic rings. The van der Waals surface area contributed by atoms with E-state index in [-0.39, 0.29) is 6.67 Å². The number of rotatable bonds is 5. The molecule has 2 rings (SSSR count). The zero-order valence-corrected chi connectivity index (χ0v) is 9.99. The first-order chi connectivity index (χ1) is 8.40. The second-order valence-corrected chi connectivity index (χ2v) is 4.12. The minimum absolute atomic E-state index is 0.265. The molecular weight excluding hydrogens is 219 g/mol. The highest BCUT2D eigenvalue weighted by Crippen LogP contribution is 2.18. The molecule has 1 aromatic carbocycles. The Morgan fingerprint density at radius 3 is 2.53 bits per heavy atom. The zero-order valence-electron chi connectivity index (χ0n) is 9.99. The average Bonchev–Trinajstić information content (AvgIpc) is 2.41. The Morgan fingerprint density at radius 2 is 1.88 bits per heavy atom. The van der Waals surface area contributed by atoms with Crippen molar-refractivity contribution in [3.63, 3.8) is 0 Å². The van der Waals surface area contributed by atoms with E-state index in [1.807, 2.05) is 12.1 Å². The lowest BCUT2D eigenvalue weighted by atomic mass is 10.2. The number of hydrogen-bond donors (Lipinski definition) is 1. The number of anilines is 2. The van der Waals surface area contributed by atoms with Gasteiger partial charge >= 0.3 is 0 Å². The van der Waals surface area contributed by atoms with Crippen LogP contribution in [0.3, 0.4) is 0 Å². The van der Waals surface area contributed by atoms with Gasteiger partial charge in [-0.25, -0.2) is 0 Å². The summed E-state index contributed by atoms with van der Waals surface area (Å²) in [4.78, 5) is 2.31. The van der Waals surface area contributed by atoms with Gasteiger partial charge in [0.15, 0.2) is 0 Å². The lowest BCUT2D eigenvalue weighted by molar-refractivity contribution is 0.122. The Labute approximate surface area is 102 Å². The van der Waals surface area contributed by atoms with E-state index in [9.17, 15) is 4.39 Å². The third kappa shape index (κ3) is 3.60. The van der Waals surface area contributed by atoms with Crippen molar-refractivity contribution < 1.29 is 9.13 Å². The Hall–Kier alpha value is -1.29. The highest BCUT2D eigenvalue weighted by Gasteiger charge is 2.10. The number of halogens is 1. The number of nitrogens with one attached hydrogen (secondary N) is 1. The molecule has 0 amide bonds. The molecule has 4 heteroatoms. The van der Waals surface area contributed by atoms with Crippen molar-refractivity contribution in [1.82, 2.24) is 0 Å².